The number of ether oxygens (including phenoxy) is 1. The van der Waals surface area contributed by atoms with Crippen molar-refractivity contribution in [3.8, 4) is 0 Å². The largest absolute Gasteiger partial charge is 0.467 e. The predicted molar refractivity (Wildman–Crippen MR) is 58.5 cm³/mol. The molecule has 0 saturated carbocycles. The number of carbonyl (C=O) groups excluding carboxylic acids is 2. The first-order valence-corrected chi connectivity index (χ1v) is 5.04. The molecule has 94 valence electrons. The van der Waals surface area contributed by atoms with Crippen molar-refractivity contribution in [1.29, 1.82) is 0 Å². The Kier molecular flexibility index (Phi) is 5.40. The third kappa shape index (κ3) is 4.59. The summed E-state index contributed by atoms with van der Waals surface area (Å²) < 4.78 is 4.47. The Hall–Kier alpha value is -1.14. The normalized spacial score (nSPS) is 14.9. The van der Waals surface area contributed by atoms with Crippen molar-refractivity contribution in [2.24, 2.45) is 5.73 Å². The molecule has 6 nitrogen and oxygen atoms in total. The van der Waals surface area contributed by atoms with Crippen molar-refractivity contribution >= 4 is 11.9 Å². The van der Waals surface area contributed by atoms with Crippen LogP contribution in [0.2, 0.25) is 0 Å². The van der Waals surface area contributed by atoms with E-state index in [0.717, 1.165) is 0 Å². The van der Waals surface area contributed by atoms with E-state index in [-0.39, 0.29) is 19.1 Å². The Balaban J connectivity index is 4.61. The van der Waals surface area contributed by atoms with Crippen molar-refractivity contribution in [3.63, 3.8) is 0 Å². The van der Waals surface area contributed by atoms with Crippen LogP contribution in [-0.2, 0) is 14.3 Å². The summed E-state index contributed by atoms with van der Waals surface area (Å²) in [7, 11) is 1.20. The highest BCUT2D eigenvalue weighted by molar-refractivity contribution is 5.79. The molecule has 0 aromatic rings. The number of hydrogen-bond donors (Lipinski definition) is 2. The number of aliphatic hydroxyl groups is 1. The highest BCUT2D eigenvalue weighted by atomic mass is 16.5. The van der Waals surface area contributed by atoms with Gasteiger partial charge in [0.1, 0.15) is 0 Å². The maximum Gasteiger partial charge on any atom is 0.338 e. The number of primary amides is 1. The third-order valence-corrected chi connectivity index (χ3v) is 2.23. The lowest BCUT2D eigenvalue weighted by atomic mass is 10.1. The molecule has 0 aromatic heterocycles. The summed E-state index contributed by atoms with van der Waals surface area (Å²) in [6.45, 7) is 5.02. The number of hydrogen-bond acceptors (Lipinski definition) is 5. The molecule has 0 spiro atoms. The highest BCUT2D eigenvalue weighted by Crippen LogP contribution is 2.11. The van der Waals surface area contributed by atoms with Crippen LogP contribution in [0, 0.1) is 0 Å². The van der Waals surface area contributed by atoms with Gasteiger partial charge in [0.15, 0.2) is 5.60 Å². The molecule has 3 N–H and O–H groups in total. The van der Waals surface area contributed by atoms with Crippen molar-refractivity contribution in [2.45, 2.75) is 32.4 Å². The Bertz CT molecular complexity index is 264. The third-order valence-electron chi connectivity index (χ3n) is 2.23. The summed E-state index contributed by atoms with van der Waals surface area (Å²) in [6, 6.07) is -0.0105. The van der Waals surface area contributed by atoms with Gasteiger partial charge in [-0.05, 0) is 20.8 Å². The minimum atomic E-state index is -1.64. The van der Waals surface area contributed by atoms with Gasteiger partial charge in [-0.15, -0.1) is 0 Å². The van der Waals surface area contributed by atoms with E-state index in [1.807, 2.05) is 13.8 Å². The summed E-state index contributed by atoms with van der Waals surface area (Å²) >= 11 is 0. The van der Waals surface area contributed by atoms with Gasteiger partial charge in [0.05, 0.1) is 13.7 Å². The summed E-state index contributed by atoms with van der Waals surface area (Å²) in [4.78, 5) is 23.7. The molecule has 1 atom stereocenters. The van der Waals surface area contributed by atoms with E-state index in [1.54, 1.807) is 4.90 Å². The van der Waals surface area contributed by atoms with Crippen LogP contribution >= 0.6 is 0 Å². The van der Waals surface area contributed by atoms with Crippen LogP contribution in [-0.4, -0.2) is 53.7 Å². The van der Waals surface area contributed by atoms with Gasteiger partial charge >= 0.3 is 5.97 Å². The Morgan fingerprint density at radius 3 is 2.31 bits per heavy atom. The van der Waals surface area contributed by atoms with Crippen LogP contribution in [0.3, 0.4) is 0 Å². The summed E-state index contributed by atoms with van der Waals surface area (Å²) in [5, 5.41) is 9.85. The predicted octanol–water partition coefficient (Wildman–Crippen LogP) is -0.894. The number of rotatable bonds is 6. The molecule has 0 aliphatic rings. The molecule has 0 aliphatic carbocycles. The molecule has 0 aliphatic heterocycles. The number of methoxy groups -OCH3 is 1. The second-order valence-electron chi connectivity index (χ2n) is 4.23. The minimum Gasteiger partial charge on any atom is -0.467 e. The molecular weight excluding hydrogens is 212 g/mol. The van der Waals surface area contributed by atoms with Crippen LogP contribution in [0.4, 0.5) is 0 Å². The van der Waals surface area contributed by atoms with E-state index in [1.165, 1.54) is 14.0 Å². The molecule has 0 saturated heterocycles. The number of esters is 1. The maximum atomic E-state index is 11.3. The highest BCUT2D eigenvalue weighted by Gasteiger charge is 2.34. The van der Waals surface area contributed by atoms with E-state index >= 15 is 0 Å². The maximum absolute atomic E-state index is 11.3. The smallest absolute Gasteiger partial charge is 0.338 e. The molecule has 1 unspecified atom stereocenters. The summed E-state index contributed by atoms with van der Waals surface area (Å²) in [5.41, 5.74) is 3.44. The van der Waals surface area contributed by atoms with Crippen molar-refractivity contribution in [2.75, 3.05) is 20.2 Å². The van der Waals surface area contributed by atoms with Crippen LogP contribution in [0.25, 0.3) is 0 Å². The molecule has 1 amide bonds. The fourth-order valence-corrected chi connectivity index (χ4v) is 1.30. The van der Waals surface area contributed by atoms with Gasteiger partial charge in [-0.3, -0.25) is 9.69 Å². The molecule has 0 bridgehead atoms. The molecule has 0 heterocycles. The molecule has 6 heteroatoms. The van der Waals surface area contributed by atoms with E-state index in [0.29, 0.717) is 0 Å². The topological polar surface area (TPSA) is 92.9 Å². The monoisotopic (exact) mass is 232 g/mol. The molecule has 16 heavy (non-hydrogen) atoms. The van der Waals surface area contributed by atoms with E-state index in [2.05, 4.69) is 4.74 Å². The van der Waals surface area contributed by atoms with Gasteiger partial charge in [-0.1, -0.05) is 0 Å². The summed E-state index contributed by atoms with van der Waals surface area (Å²) in [6.07, 6.45) is 0. The second kappa shape index (κ2) is 5.81. The van der Waals surface area contributed by atoms with Crippen molar-refractivity contribution in [1.82, 2.24) is 4.90 Å². The van der Waals surface area contributed by atoms with Gasteiger partial charge in [-0.2, -0.15) is 0 Å². The fourth-order valence-electron chi connectivity index (χ4n) is 1.30. The van der Waals surface area contributed by atoms with Crippen molar-refractivity contribution < 1.29 is 19.4 Å². The molecule has 0 rings (SSSR count). The average Bonchev–Trinajstić information content (AvgIpc) is 2.14. The summed E-state index contributed by atoms with van der Waals surface area (Å²) in [5.74, 6) is -1.24. The van der Waals surface area contributed by atoms with Gasteiger partial charge in [0, 0.05) is 12.6 Å². The molecule has 0 fully saturated rings. The Morgan fingerprint density at radius 1 is 1.50 bits per heavy atom. The first-order chi connectivity index (χ1) is 7.20. The zero-order valence-electron chi connectivity index (χ0n) is 10.2. The lowest BCUT2D eigenvalue weighted by Crippen LogP contribution is -2.51. The quantitative estimate of drug-likeness (QED) is 0.579. The zero-order chi connectivity index (χ0) is 12.9. The number of carbonyl (C=O) groups is 2. The average molecular weight is 232 g/mol. The molecular formula is C10H20N2O4. The molecule has 0 aromatic carbocycles. The zero-order valence-corrected chi connectivity index (χ0v) is 10.2. The van der Waals surface area contributed by atoms with Gasteiger partial charge < -0.3 is 15.6 Å². The number of nitrogens with two attached hydrogens (primary N) is 1. The first-order valence-electron chi connectivity index (χ1n) is 5.04. The van der Waals surface area contributed by atoms with E-state index in [4.69, 9.17) is 5.73 Å². The minimum absolute atomic E-state index is 0.000278. The first kappa shape index (κ1) is 14.9. The standard InChI is InChI=1S/C10H20N2O4/c1-7(2)12(5-8(11)13)6-10(3,15)9(14)16-4/h7,15H,5-6H2,1-4H3,(H2,11,13). The van der Waals surface area contributed by atoms with Crippen LogP contribution < -0.4 is 5.73 Å². The molecule has 0 radical (unpaired) electrons. The van der Waals surface area contributed by atoms with Crippen LogP contribution in [0.5, 0.6) is 0 Å². The van der Waals surface area contributed by atoms with Gasteiger partial charge in [0.2, 0.25) is 5.91 Å². The SMILES string of the molecule is COC(=O)C(C)(O)CN(CC(N)=O)C(C)C. The number of nitrogens with zero attached hydrogens (tertiary/aromatic N) is 1. The Morgan fingerprint density at radius 2 is 2.00 bits per heavy atom. The fraction of sp³-hybridized carbons (Fsp3) is 0.800. The second-order valence-corrected chi connectivity index (χ2v) is 4.23. The lowest BCUT2D eigenvalue weighted by molar-refractivity contribution is -0.163. The van der Waals surface area contributed by atoms with Crippen molar-refractivity contribution in [3.05, 3.63) is 0 Å². The lowest BCUT2D eigenvalue weighted by Gasteiger charge is -2.31. The Labute approximate surface area is 95.4 Å². The van der Waals surface area contributed by atoms with E-state index in [9.17, 15) is 14.7 Å². The van der Waals surface area contributed by atoms with Crippen LogP contribution in [0.1, 0.15) is 20.8 Å². The van der Waals surface area contributed by atoms with Gasteiger partial charge in [-0.25, -0.2) is 4.79 Å². The van der Waals surface area contributed by atoms with Gasteiger partial charge in [0.25, 0.3) is 0 Å². The van der Waals surface area contributed by atoms with E-state index < -0.39 is 17.5 Å². The van der Waals surface area contributed by atoms with Crippen LogP contribution in [0.15, 0.2) is 0 Å². The number of amides is 1.